The van der Waals surface area contributed by atoms with Gasteiger partial charge in [-0.3, -0.25) is 4.79 Å². The average molecular weight is 399 g/mol. The zero-order valence-electron chi connectivity index (χ0n) is 17.5. The molecule has 1 amide bonds. The Labute approximate surface area is 172 Å². The van der Waals surface area contributed by atoms with Crippen LogP contribution in [0.2, 0.25) is 0 Å². The third kappa shape index (κ3) is 6.75. The quantitative estimate of drug-likeness (QED) is 0.429. The van der Waals surface area contributed by atoms with Gasteiger partial charge in [-0.1, -0.05) is 25.8 Å². The van der Waals surface area contributed by atoms with Crippen LogP contribution in [0.4, 0.5) is 5.69 Å². The molecule has 2 aromatic rings. The van der Waals surface area contributed by atoms with Gasteiger partial charge in [0.15, 0.2) is 11.5 Å². The number of anilines is 1. The summed E-state index contributed by atoms with van der Waals surface area (Å²) in [7, 11) is 4.72. The smallest absolute Gasteiger partial charge is 0.248 e. The Morgan fingerprint density at radius 2 is 1.69 bits per heavy atom. The van der Waals surface area contributed by atoms with Crippen LogP contribution in [0.5, 0.6) is 23.0 Å². The van der Waals surface area contributed by atoms with Crippen molar-refractivity contribution < 1.29 is 23.7 Å². The van der Waals surface area contributed by atoms with E-state index in [1.807, 2.05) is 18.2 Å². The van der Waals surface area contributed by atoms with Crippen molar-refractivity contribution in [3.8, 4) is 23.0 Å². The summed E-state index contributed by atoms with van der Waals surface area (Å²) >= 11 is 0. The summed E-state index contributed by atoms with van der Waals surface area (Å²) in [6.07, 6.45) is 6.46. The van der Waals surface area contributed by atoms with E-state index in [2.05, 4.69) is 12.2 Å². The number of carbonyl (C=O) groups is 1. The zero-order valence-corrected chi connectivity index (χ0v) is 17.5. The van der Waals surface area contributed by atoms with E-state index in [1.54, 1.807) is 45.6 Å². The molecule has 0 atom stereocenters. The largest absolute Gasteiger partial charge is 0.497 e. The van der Waals surface area contributed by atoms with Crippen LogP contribution in [-0.2, 0) is 4.79 Å². The Morgan fingerprint density at radius 1 is 0.931 bits per heavy atom. The number of amides is 1. The molecule has 2 rings (SSSR count). The summed E-state index contributed by atoms with van der Waals surface area (Å²) in [6.45, 7) is 2.81. The summed E-state index contributed by atoms with van der Waals surface area (Å²) in [5.74, 6) is 2.24. The fourth-order valence-corrected chi connectivity index (χ4v) is 2.70. The Kier molecular flexibility index (Phi) is 8.89. The van der Waals surface area contributed by atoms with Gasteiger partial charge in [0.05, 0.1) is 33.6 Å². The molecule has 0 fully saturated rings. The molecule has 6 heteroatoms. The minimum absolute atomic E-state index is 0.282. The van der Waals surface area contributed by atoms with E-state index >= 15 is 0 Å². The standard InChI is InChI=1S/C23H29NO5/c1-5-6-7-14-29-21-11-8-17(15-22(21)28-4)9-13-23(25)24-19-16-18(26-2)10-12-20(19)27-3/h8-13,15-16H,5-7,14H2,1-4H3,(H,24,25)/b13-9+. The van der Waals surface area contributed by atoms with Crippen LogP contribution in [0.3, 0.4) is 0 Å². The average Bonchev–Trinajstić information content (AvgIpc) is 2.75. The fraction of sp³-hybridized carbons (Fsp3) is 0.348. The normalized spacial score (nSPS) is 10.6. The third-order valence-corrected chi connectivity index (χ3v) is 4.28. The summed E-state index contributed by atoms with van der Waals surface area (Å²) in [6, 6.07) is 10.8. The lowest BCUT2D eigenvalue weighted by Crippen LogP contribution is -2.09. The maximum atomic E-state index is 12.3. The second-order valence-electron chi connectivity index (χ2n) is 6.35. The van der Waals surface area contributed by atoms with Crippen molar-refractivity contribution in [1.82, 2.24) is 0 Å². The van der Waals surface area contributed by atoms with Gasteiger partial charge in [0.1, 0.15) is 11.5 Å². The van der Waals surface area contributed by atoms with Crippen molar-refractivity contribution in [1.29, 1.82) is 0 Å². The highest BCUT2D eigenvalue weighted by atomic mass is 16.5. The van der Waals surface area contributed by atoms with E-state index in [1.165, 1.54) is 6.08 Å². The van der Waals surface area contributed by atoms with Gasteiger partial charge in [0.25, 0.3) is 0 Å². The van der Waals surface area contributed by atoms with Crippen molar-refractivity contribution >= 4 is 17.7 Å². The molecule has 1 N–H and O–H groups in total. The van der Waals surface area contributed by atoms with Crippen LogP contribution in [0.25, 0.3) is 6.08 Å². The Balaban J connectivity index is 2.04. The number of hydrogen-bond donors (Lipinski definition) is 1. The molecule has 0 heterocycles. The minimum atomic E-state index is -0.282. The molecular weight excluding hydrogens is 370 g/mol. The summed E-state index contributed by atoms with van der Waals surface area (Å²) < 4.78 is 21.7. The number of ether oxygens (including phenoxy) is 4. The second-order valence-corrected chi connectivity index (χ2v) is 6.35. The molecule has 0 spiro atoms. The van der Waals surface area contributed by atoms with E-state index in [9.17, 15) is 4.79 Å². The Bertz CT molecular complexity index is 832. The first-order chi connectivity index (χ1) is 14.1. The number of rotatable bonds is 11. The lowest BCUT2D eigenvalue weighted by Gasteiger charge is -2.11. The highest BCUT2D eigenvalue weighted by Gasteiger charge is 2.08. The molecule has 0 bridgehead atoms. The van der Waals surface area contributed by atoms with Crippen LogP contribution >= 0.6 is 0 Å². The van der Waals surface area contributed by atoms with E-state index in [0.29, 0.717) is 35.3 Å². The first-order valence-corrected chi connectivity index (χ1v) is 9.63. The van der Waals surface area contributed by atoms with Crippen LogP contribution in [-0.4, -0.2) is 33.8 Å². The maximum Gasteiger partial charge on any atom is 0.248 e. The van der Waals surface area contributed by atoms with Gasteiger partial charge in [0.2, 0.25) is 5.91 Å². The van der Waals surface area contributed by atoms with Gasteiger partial charge in [-0.25, -0.2) is 0 Å². The molecule has 0 aliphatic carbocycles. The molecule has 156 valence electrons. The van der Waals surface area contributed by atoms with Crippen molar-refractivity contribution in [2.75, 3.05) is 33.3 Å². The van der Waals surface area contributed by atoms with Gasteiger partial charge in [-0.15, -0.1) is 0 Å². The van der Waals surface area contributed by atoms with Gasteiger partial charge in [0, 0.05) is 12.1 Å². The van der Waals surface area contributed by atoms with Gasteiger partial charge >= 0.3 is 0 Å². The topological polar surface area (TPSA) is 66.0 Å². The van der Waals surface area contributed by atoms with Crippen LogP contribution in [0.15, 0.2) is 42.5 Å². The lowest BCUT2D eigenvalue weighted by atomic mass is 10.2. The van der Waals surface area contributed by atoms with Crippen LogP contribution < -0.4 is 24.3 Å². The SMILES string of the molecule is CCCCCOc1ccc(/C=C/C(=O)Nc2cc(OC)ccc2OC)cc1OC. The van der Waals surface area contributed by atoms with E-state index < -0.39 is 0 Å². The van der Waals surface area contributed by atoms with Gasteiger partial charge in [-0.05, 0) is 42.3 Å². The molecule has 6 nitrogen and oxygen atoms in total. The minimum Gasteiger partial charge on any atom is -0.497 e. The monoisotopic (exact) mass is 399 g/mol. The van der Waals surface area contributed by atoms with E-state index in [4.69, 9.17) is 18.9 Å². The Morgan fingerprint density at radius 3 is 2.38 bits per heavy atom. The van der Waals surface area contributed by atoms with Gasteiger partial charge < -0.3 is 24.3 Å². The summed E-state index contributed by atoms with van der Waals surface area (Å²) in [5, 5.41) is 2.80. The number of unbranched alkanes of at least 4 members (excludes halogenated alkanes) is 2. The van der Waals surface area contributed by atoms with E-state index in [0.717, 1.165) is 24.8 Å². The lowest BCUT2D eigenvalue weighted by molar-refractivity contribution is -0.111. The molecule has 0 saturated carbocycles. The van der Waals surface area contributed by atoms with Crippen molar-refractivity contribution in [3.63, 3.8) is 0 Å². The molecule has 0 aliphatic heterocycles. The van der Waals surface area contributed by atoms with Crippen LogP contribution in [0.1, 0.15) is 31.7 Å². The summed E-state index contributed by atoms with van der Waals surface area (Å²) in [4.78, 5) is 12.3. The first kappa shape index (κ1) is 22.1. The predicted molar refractivity (Wildman–Crippen MR) is 115 cm³/mol. The number of methoxy groups -OCH3 is 3. The van der Waals surface area contributed by atoms with Crippen molar-refractivity contribution in [3.05, 3.63) is 48.0 Å². The zero-order chi connectivity index (χ0) is 21.1. The molecule has 0 aliphatic rings. The Hall–Kier alpha value is -3.15. The molecular formula is C23H29NO5. The number of benzene rings is 2. The van der Waals surface area contributed by atoms with Crippen molar-refractivity contribution in [2.45, 2.75) is 26.2 Å². The molecule has 29 heavy (non-hydrogen) atoms. The predicted octanol–water partition coefficient (Wildman–Crippen LogP) is 4.93. The third-order valence-electron chi connectivity index (χ3n) is 4.28. The molecule has 0 radical (unpaired) electrons. The molecule has 0 unspecified atom stereocenters. The number of hydrogen-bond acceptors (Lipinski definition) is 5. The summed E-state index contributed by atoms with van der Waals surface area (Å²) in [5.41, 5.74) is 1.37. The van der Waals surface area contributed by atoms with Crippen LogP contribution in [0, 0.1) is 0 Å². The number of carbonyl (C=O) groups excluding carboxylic acids is 1. The molecule has 0 saturated heterocycles. The first-order valence-electron chi connectivity index (χ1n) is 9.63. The highest BCUT2D eigenvalue weighted by molar-refractivity contribution is 6.02. The highest BCUT2D eigenvalue weighted by Crippen LogP contribution is 2.30. The second kappa shape index (κ2) is 11.6. The molecule has 0 aromatic heterocycles. The number of nitrogens with one attached hydrogen (secondary N) is 1. The molecule has 2 aromatic carbocycles. The fourth-order valence-electron chi connectivity index (χ4n) is 2.70. The maximum absolute atomic E-state index is 12.3. The van der Waals surface area contributed by atoms with E-state index in [-0.39, 0.29) is 5.91 Å². The van der Waals surface area contributed by atoms with Crippen molar-refractivity contribution in [2.24, 2.45) is 0 Å². The van der Waals surface area contributed by atoms with Gasteiger partial charge in [-0.2, -0.15) is 0 Å².